The zero-order valence-corrected chi connectivity index (χ0v) is 19.0. The van der Waals surface area contributed by atoms with Crippen molar-refractivity contribution in [2.75, 3.05) is 18.5 Å². The second kappa shape index (κ2) is 12.3. The van der Waals surface area contributed by atoms with Gasteiger partial charge in [-0.15, -0.1) is 10.2 Å². The summed E-state index contributed by atoms with van der Waals surface area (Å²) in [6, 6.07) is 17.7. The molecule has 3 rings (SSSR count). The van der Waals surface area contributed by atoms with Gasteiger partial charge in [0.1, 0.15) is 24.4 Å². The number of aryl methyl sites for hydroxylation is 1. The predicted molar refractivity (Wildman–Crippen MR) is 127 cm³/mol. The van der Waals surface area contributed by atoms with Gasteiger partial charge in [0.25, 0.3) is 0 Å². The third-order valence-electron chi connectivity index (χ3n) is 4.53. The first-order chi connectivity index (χ1) is 15.6. The van der Waals surface area contributed by atoms with E-state index in [9.17, 15) is 0 Å². The predicted octanol–water partition coefficient (Wildman–Crippen LogP) is 4.11. The highest BCUT2D eigenvalue weighted by Gasteiger charge is 2.05. The number of nitrogens with zero attached hydrogens (tertiary/aromatic N) is 4. The second-order valence-corrected chi connectivity index (χ2v) is 7.46. The van der Waals surface area contributed by atoms with Crippen LogP contribution < -0.4 is 20.1 Å². The van der Waals surface area contributed by atoms with Crippen LogP contribution in [-0.4, -0.2) is 40.0 Å². The lowest BCUT2D eigenvalue weighted by Gasteiger charge is -2.14. The summed E-state index contributed by atoms with van der Waals surface area (Å²) in [4.78, 5) is 4.70. The van der Waals surface area contributed by atoms with Crippen LogP contribution in [0.25, 0.3) is 0 Å². The van der Waals surface area contributed by atoms with Crippen LogP contribution in [0.2, 0.25) is 0 Å². The smallest absolute Gasteiger partial charge is 0.196 e. The van der Waals surface area contributed by atoms with Gasteiger partial charge < -0.3 is 24.7 Å². The standard InChI is InChI=1S/C24H32N6O2/c1-4-30-18-27-29-23(30)17-26-24(25-15-8-16-31-21-9-6-5-7-10-21)28-20-11-13-22(14-12-20)32-19(2)3/h5-7,9-14,18-19H,4,8,15-17H2,1-3H3,(H2,25,26,28). The number of guanidine groups is 1. The maximum absolute atomic E-state index is 5.76. The number of aromatic nitrogens is 3. The highest BCUT2D eigenvalue weighted by Crippen LogP contribution is 2.17. The molecule has 0 saturated heterocycles. The van der Waals surface area contributed by atoms with E-state index in [0.717, 1.165) is 36.0 Å². The number of anilines is 1. The van der Waals surface area contributed by atoms with Gasteiger partial charge in [-0.1, -0.05) is 18.2 Å². The fraction of sp³-hybridized carbons (Fsp3) is 0.375. The molecule has 2 N–H and O–H groups in total. The Morgan fingerprint density at radius 2 is 1.84 bits per heavy atom. The van der Waals surface area contributed by atoms with Gasteiger partial charge in [0, 0.05) is 18.8 Å². The summed E-state index contributed by atoms with van der Waals surface area (Å²) in [5.74, 6) is 3.21. The van der Waals surface area contributed by atoms with Crippen LogP contribution in [0, 0.1) is 0 Å². The fourth-order valence-electron chi connectivity index (χ4n) is 2.97. The minimum absolute atomic E-state index is 0.140. The van der Waals surface area contributed by atoms with Crippen LogP contribution in [-0.2, 0) is 13.1 Å². The van der Waals surface area contributed by atoms with Gasteiger partial charge in [0.15, 0.2) is 11.8 Å². The molecular formula is C24H32N6O2. The Labute approximate surface area is 189 Å². The molecule has 8 nitrogen and oxygen atoms in total. The van der Waals surface area contributed by atoms with Crippen molar-refractivity contribution in [3.05, 3.63) is 66.7 Å². The van der Waals surface area contributed by atoms with Gasteiger partial charge in [-0.05, 0) is 63.6 Å². The number of hydrogen-bond donors (Lipinski definition) is 2. The number of hydrogen-bond acceptors (Lipinski definition) is 5. The van der Waals surface area contributed by atoms with Gasteiger partial charge in [-0.25, -0.2) is 4.99 Å². The average Bonchev–Trinajstić information content (AvgIpc) is 3.26. The summed E-state index contributed by atoms with van der Waals surface area (Å²) in [6.45, 7) is 8.65. The van der Waals surface area contributed by atoms with E-state index in [-0.39, 0.29) is 6.10 Å². The molecule has 0 aliphatic heterocycles. The number of nitrogens with one attached hydrogen (secondary N) is 2. The van der Waals surface area contributed by atoms with Crippen LogP contribution in [0.5, 0.6) is 11.5 Å². The van der Waals surface area contributed by atoms with Crippen LogP contribution >= 0.6 is 0 Å². The number of benzene rings is 2. The Balaban J connectivity index is 1.58. The normalized spacial score (nSPS) is 11.4. The molecule has 3 aromatic rings. The Morgan fingerprint density at radius 1 is 1.06 bits per heavy atom. The molecule has 0 amide bonds. The van der Waals surface area contributed by atoms with Gasteiger partial charge in [0.05, 0.1) is 12.7 Å². The molecule has 1 aromatic heterocycles. The molecule has 0 bridgehead atoms. The lowest BCUT2D eigenvalue weighted by atomic mass is 10.3. The summed E-state index contributed by atoms with van der Waals surface area (Å²) in [5, 5.41) is 14.9. The zero-order chi connectivity index (χ0) is 22.6. The van der Waals surface area contributed by atoms with Crippen LogP contribution in [0.15, 0.2) is 65.9 Å². The molecule has 0 radical (unpaired) electrons. The summed E-state index contributed by atoms with van der Waals surface area (Å²) in [6.07, 6.45) is 2.70. The lowest BCUT2D eigenvalue weighted by molar-refractivity contribution is 0.242. The van der Waals surface area contributed by atoms with Crippen LogP contribution in [0.3, 0.4) is 0 Å². The molecule has 0 unspecified atom stereocenters. The van der Waals surface area contributed by atoms with Gasteiger partial charge in [-0.2, -0.15) is 0 Å². The monoisotopic (exact) mass is 436 g/mol. The zero-order valence-electron chi connectivity index (χ0n) is 19.0. The number of para-hydroxylation sites is 1. The Kier molecular flexibility index (Phi) is 8.92. The van der Waals surface area contributed by atoms with E-state index in [1.165, 1.54) is 0 Å². The first-order valence-corrected chi connectivity index (χ1v) is 11.0. The van der Waals surface area contributed by atoms with Gasteiger partial charge in [-0.3, -0.25) is 0 Å². The van der Waals surface area contributed by atoms with Crippen molar-refractivity contribution in [2.24, 2.45) is 4.99 Å². The van der Waals surface area contributed by atoms with E-state index >= 15 is 0 Å². The molecule has 1 heterocycles. The number of aliphatic imine (C=N–C) groups is 1. The number of ether oxygens (including phenoxy) is 2. The van der Waals surface area contributed by atoms with Crippen molar-refractivity contribution in [3.8, 4) is 11.5 Å². The Morgan fingerprint density at radius 3 is 2.56 bits per heavy atom. The summed E-state index contributed by atoms with van der Waals surface area (Å²) in [7, 11) is 0. The molecule has 2 aromatic carbocycles. The molecule has 170 valence electrons. The van der Waals surface area contributed by atoms with Crippen molar-refractivity contribution < 1.29 is 9.47 Å². The van der Waals surface area contributed by atoms with Crippen molar-refractivity contribution >= 4 is 11.6 Å². The largest absolute Gasteiger partial charge is 0.494 e. The first kappa shape index (κ1) is 23.1. The molecule has 32 heavy (non-hydrogen) atoms. The maximum Gasteiger partial charge on any atom is 0.196 e. The van der Waals surface area contributed by atoms with E-state index in [1.807, 2.05) is 73.0 Å². The molecule has 8 heteroatoms. The number of rotatable bonds is 11. The summed E-state index contributed by atoms with van der Waals surface area (Å²) < 4.78 is 13.5. The molecule has 0 aliphatic rings. The molecular weight excluding hydrogens is 404 g/mol. The SMILES string of the molecule is CCn1cnnc1CN=C(NCCCOc1ccccc1)Nc1ccc(OC(C)C)cc1. The van der Waals surface area contributed by atoms with E-state index < -0.39 is 0 Å². The van der Waals surface area contributed by atoms with E-state index in [0.29, 0.717) is 25.7 Å². The Hall–Kier alpha value is -3.55. The lowest BCUT2D eigenvalue weighted by Crippen LogP contribution is -2.32. The molecule has 0 aliphatic carbocycles. The maximum atomic E-state index is 5.76. The quantitative estimate of drug-likeness (QED) is 0.267. The van der Waals surface area contributed by atoms with E-state index in [2.05, 4.69) is 27.8 Å². The molecule has 0 atom stereocenters. The third-order valence-corrected chi connectivity index (χ3v) is 4.53. The average molecular weight is 437 g/mol. The van der Waals surface area contributed by atoms with E-state index in [4.69, 9.17) is 14.5 Å². The molecule has 0 saturated carbocycles. The van der Waals surface area contributed by atoms with Crippen molar-refractivity contribution in [2.45, 2.75) is 46.4 Å². The van der Waals surface area contributed by atoms with Gasteiger partial charge in [0.2, 0.25) is 0 Å². The van der Waals surface area contributed by atoms with Crippen molar-refractivity contribution in [1.29, 1.82) is 0 Å². The minimum atomic E-state index is 0.140. The minimum Gasteiger partial charge on any atom is -0.494 e. The second-order valence-electron chi connectivity index (χ2n) is 7.46. The third kappa shape index (κ3) is 7.61. The van der Waals surface area contributed by atoms with Crippen LogP contribution in [0.1, 0.15) is 33.0 Å². The summed E-state index contributed by atoms with van der Waals surface area (Å²) >= 11 is 0. The molecule has 0 fully saturated rings. The first-order valence-electron chi connectivity index (χ1n) is 11.0. The fourth-order valence-corrected chi connectivity index (χ4v) is 2.97. The van der Waals surface area contributed by atoms with Crippen LogP contribution in [0.4, 0.5) is 5.69 Å². The summed E-state index contributed by atoms with van der Waals surface area (Å²) in [5.41, 5.74) is 0.921. The highest BCUT2D eigenvalue weighted by molar-refractivity contribution is 5.93. The van der Waals surface area contributed by atoms with Gasteiger partial charge >= 0.3 is 0 Å². The topological polar surface area (TPSA) is 85.6 Å². The Bertz CT molecular complexity index is 954. The van der Waals surface area contributed by atoms with E-state index in [1.54, 1.807) is 6.33 Å². The highest BCUT2D eigenvalue weighted by atomic mass is 16.5. The van der Waals surface area contributed by atoms with Crippen molar-refractivity contribution in [1.82, 2.24) is 20.1 Å². The van der Waals surface area contributed by atoms with Crippen molar-refractivity contribution in [3.63, 3.8) is 0 Å². The molecule has 0 spiro atoms.